The van der Waals surface area contributed by atoms with Gasteiger partial charge in [-0.25, -0.2) is 17.6 Å². The third kappa shape index (κ3) is 1.98. The molecule has 0 aliphatic carbocycles. The van der Waals surface area contributed by atoms with Crippen LogP contribution in [0.25, 0.3) is 0 Å². The Hall–Kier alpha value is -1.10. The van der Waals surface area contributed by atoms with Crippen LogP contribution in [0.1, 0.15) is 11.7 Å². The molecule has 1 atom stereocenters. The second kappa shape index (κ2) is 3.74. The van der Waals surface area contributed by atoms with Gasteiger partial charge in [0.05, 0.1) is 5.56 Å². The lowest BCUT2D eigenvalue weighted by atomic mass is 10.1. The molecule has 0 aliphatic rings. The van der Waals surface area contributed by atoms with Gasteiger partial charge in [-0.2, -0.15) is 0 Å². The Balaban J connectivity index is 3.12. The van der Waals surface area contributed by atoms with Crippen LogP contribution >= 0.6 is 0 Å². The van der Waals surface area contributed by atoms with Gasteiger partial charge < -0.3 is 5.11 Å². The smallest absolute Gasteiger partial charge is 0.268 e. The summed E-state index contributed by atoms with van der Waals surface area (Å²) >= 11 is 0. The van der Waals surface area contributed by atoms with Crippen molar-refractivity contribution in [2.24, 2.45) is 0 Å². The van der Waals surface area contributed by atoms with Crippen LogP contribution in [0.4, 0.5) is 17.6 Å². The van der Waals surface area contributed by atoms with Gasteiger partial charge in [0, 0.05) is 0 Å². The van der Waals surface area contributed by atoms with E-state index in [9.17, 15) is 17.6 Å². The van der Waals surface area contributed by atoms with Crippen LogP contribution in [0.15, 0.2) is 18.2 Å². The lowest BCUT2D eigenvalue weighted by Crippen LogP contribution is -2.12. The van der Waals surface area contributed by atoms with Crippen molar-refractivity contribution >= 4 is 0 Å². The van der Waals surface area contributed by atoms with E-state index in [1.165, 1.54) is 0 Å². The van der Waals surface area contributed by atoms with E-state index in [2.05, 4.69) is 0 Å². The second-order valence-electron chi connectivity index (χ2n) is 2.41. The van der Waals surface area contributed by atoms with Crippen LogP contribution in [0, 0.1) is 11.6 Å². The summed E-state index contributed by atoms with van der Waals surface area (Å²) in [6.07, 6.45) is -5.62. The van der Waals surface area contributed by atoms with Gasteiger partial charge in [0.15, 0.2) is 0 Å². The summed E-state index contributed by atoms with van der Waals surface area (Å²) in [5, 5.41) is 8.73. The molecule has 0 amide bonds. The SMILES string of the molecule is OC(c1c(F)cccc1F)C(F)F. The Morgan fingerprint density at radius 3 is 1.92 bits per heavy atom. The first-order valence-electron chi connectivity index (χ1n) is 3.44. The molecule has 1 aromatic carbocycles. The zero-order valence-corrected chi connectivity index (χ0v) is 6.35. The van der Waals surface area contributed by atoms with Gasteiger partial charge >= 0.3 is 0 Å². The Bertz CT molecular complexity index is 280. The first-order valence-corrected chi connectivity index (χ1v) is 3.44. The minimum atomic E-state index is -3.20. The van der Waals surface area contributed by atoms with Crippen LogP contribution in [-0.2, 0) is 0 Å². The number of aliphatic hydroxyl groups excluding tert-OH is 1. The summed E-state index contributed by atoms with van der Waals surface area (Å²) in [7, 11) is 0. The summed E-state index contributed by atoms with van der Waals surface area (Å²) in [4.78, 5) is 0. The maximum absolute atomic E-state index is 12.7. The number of hydrogen-bond donors (Lipinski definition) is 1. The maximum Gasteiger partial charge on any atom is 0.268 e. The molecular weight excluding hydrogens is 188 g/mol. The number of aliphatic hydroxyl groups is 1. The van der Waals surface area contributed by atoms with Crippen molar-refractivity contribution in [1.29, 1.82) is 0 Å². The van der Waals surface area contributed by atoms with E-state index < -0.39 is 29.7 Å². The Kier molecular flexibility index (Phi) is 2.87. The lowest BCUT2D eigenvalue weighted by Gasteiger charge is -2.10. The number of halogens is 4. The van der Waals surface area contributed by atoms with Crippen molar-refractivity contribution < 1.29 is 22.7 Å². The van der Waals surface area contributed by atoms with E-state index in [0.717, 1.165) is 18.2 Å². The minimum absolute atomic E-state index is 0.810. The maximum atomic E-state index is 12.7. The predicted octanol–water partition coefficient (Wildman–Crippen LogP) is 2.26. The van der Waals surface area contributed by atoms with Gasteiger partial charge in [0.2, 0.25) is 0 Å². The molecule has 0 saturated heterocycles. The van der Waals surface area contributed by atoms with Gasteiger partial charge in [-0.1, -0.05) is 6.07 Å². The monoisotopic (exact) mass is 194 g/mol. The highest BCUT2D eigenvalue weighted by molar-refractivity contribution is 5.22. The highest BCUT2D eigenvalue weighted by Crippen LogP contribution is 2.25. The molecule has 1 rings (SSSR count). The van der Waals surface area contributed by atoms with Crippen LogP contribution in [0.5, 0.6) is 0 Å². The fourth-order valence-electron chi connectivity index (χ4n) is 0.919. The van der Waals surface area contributed by atoms with E-state index in [-0.39, 0.29) is 0 Å². The van der Waals surface area contributed by atoms with Crippen molar-refractivity contribution in [1.82, 2.24) is 0 Å². The molecule has 13 heavy (non-hydrogen) atoms. The molecule has 1 unspecified atom stereocenters. The van der Waals surface area contributed by atoms with E-state index in [1.807, 2.05) is 0 Å². The van der Waals surface area contributed by atoms with Crippen LogP contribution < -0.4 is 0 Å². The van der Waals surface area contributed by atoms with Gasteiger partial charge in [0.1, 0.15) is 17.7 Å². The molecule has 1 nitrogen and oxygen atoms in total. The molecular formula is C8H6F4O. The number of hydrogen-bond acceptors (Lipinski definition) is 1. The van der Waals surface area contributed by atoms with Gasteiger partial charge in [-0.15, -0.1) is 0 Å². The third-order valence-electron chi connectivity index (χ3n) is 1.53. The molecule has 72 valence electrons. The summed E-state index contributed by atoms with van der Waals surface area (Å²) < 4.78 is 49.2. The standard InChI is InChI=1S/C8H6F4O/c9-4-2-1-3-5(10)6(4)7(13)8(11)12/h1-3,7-8,13H. The molecule has 5 heteroatoms. The van der Waals surface area contributed by atoms with Gasteiger partial charge in [-0.3, -0.25) is 0 Å². The Morgan fingerprint density at radius 1 is 1.08 bits per heavy atom. The fraction of sp³-hybridized carbons (Fsp3) is 0.250. The van der Waals surface area contributed by atoms with E-state index >= 15 is 0 Å². The van der Waals surface area contributed by atoms with Crippen LogP contribution in [0.3, 0.4) is 0 Å². The lowest BCUT2D eigenvalue weighted by molar-refractivity contribution is -0.00977. The average Bonchev–Trinajstić information content (AvgIpc) is 2.03. The quantitative estimate of drug-likeness (QED) is 0.716. The Labute approximate surface area is 71.6 Å². The van der Waals surface area contributed by atoms with Crippen molar-refractivity contribution in [2.45, 2.75) is 12.5 Å². The first-order chi connectivity index (χ1) is 6.04. The summed E-state index contributed by atoms with van der Waals surface area (Å²) in [6, 6.07) is 2.65. The molecule has 1 aromatic rings. The van der Waals surface area contributed by atoms with Crippen LogP contribution in [-0.4, -0.2) is 11.5 Å². The highest BCUT2D eigenvalue weighted by Gasteiger charge is 2.25. The number of rotatable bonds is 2. The zero-order valence-electron chi connectivity index (χ0n) is 6.35. The molecule has 0 bridgehead atoms. The fourth-order valence-corrected chi connectivity index (χ4v) is 0.919. The average molecular weight is 194 g/mol. The summed E-state index contributed by atoms with van der Waals surface area (Å²) in [5.41, 5.74) is -0.988. The van der Waals surface area contributed by atoms with Crippen molar-refractivity contribution in [3.05, 3.63) is 35.4 Å². The van der Waals surface area contributed by atoms with Crippen molar-refractivity contribution in [3.63, 3.8) is 0 Å². The molecule has 0 spiro atoms. The Morgan fingerprint density at radius 2 is 1.54 bits per heavy atom. The third-order valence-corrected chi connectivity index (χ3v) is 1.53. The van der Waals surface area contributed by atoms with Gasteiger partial charge in [-0.05, 0) is 12.1 Å². The molecule has 0 heterocycles. The van der Waals surface area contributed by atoms with Crippen molar-refractivity contribution in [3.8, 4) is 0 Å². The first kappa shape index (κ1) is 9.98. The topological polar surface area (TPSA) is 20.2 Å². The highest BCUT2D eigenvalue weighted by atomic mass is 19.3. The molecule has 0 saturated carbocycles. The molecule has 1 N–H and O–H groups in total. The largest absolute Gasteiger partial charge is 0.382 e. The molecule has 0 radical (unpaired) electrons. The van der Waals surface area contributed by atoms with E-state index in [1.54, 1.807) is 0 Å². The minimum Gasteiger partial charge on any atom is -0.382 e. The molecule has 0 aromatic heterocycles. The van der Waals surface area contributed by atoms with Crippen molar-refractivity contribution in [2.75, 3.05) is 0 Å². The normalized spacial score (nSPS) is 13.4. The van der Waals surface area contributed by atoms with E-state index in [0.29, 0.717) is 0 Å². The molecule has 0 aliphatic heterocycles. The summed E-state index contributed by atoms with van der Waals surface area (Å²) in [5.74, 6) is -2.35. The van der Waals surface area contributed by atoms with E-state index in [4.69, 9.17) is 5.11 Å². The van der Waals surface area contributed by atoms with Crippen LogP contribution in [0.2, 0.25) is 0 Å². The van der Waals surface area contributed by atoms with Gasteiger partial charge in [0.25, 0.3) is 6.43 Å². The zero-order chi connectivity index (χ0) is 10.0. The predicted molar refractivity (Wildman–Crippen MR) is 37.3 cm³/mol. The summed E-state index contributed by atoms with van der Waals surface area (Å²) in [6.45, 7) is 0. The number of alkyl halides is 2. The molecule has 0 fully saturated rings. The number of benzene rings is 1. The second-order valence-corrected chi connectivity index (χ2v) is 2.41.